The Morgan fingerprint density at radius 2 is 1.95 bits per heavy atom. The summed E-state index contributed by atoms with van der Waals surface area (Å²) in [5, 5.41) is 0. The highest BCUT2D eigenvalue weighted by molar-refractivity contribution is 9.10. The molecule has 2 aromatic carbocycles. The van der Waals surface area contributed by atoms with Crippen molar-refractivity contribution in [2.45, 2.75) is 18.9 Å². The van der Waals surface area contributed by atoms with Gasteiger partial charge in [0.25, 0.3) is 0 Å². The van der Waals surface area contributed by atoms with Crippen LogP contribution in [0.25, 0.3) is 0 Å². The second kappa shape index (κ2) is 5.94. The quantitative estimate of drug-likeness (QED) is 0.914. The van der Waals surface area contributed by atoms with Gasteiger partial charge < -0.3 is 10.5 Å². The molecule has 0 saturated carbocycles. The molecule has 0 aliphatic heterocycles. The molecule has 1 atom stereocenters. The maximum atomic E-state index is 14.2. The molecule has 0 amide bonds. The van der Waals surface area contributed by atoms with E-state index in [1.165, 1.54) is 7.11 Å². The Kier molecular flexibility index (Phi) is 4.45. The predicted molar refractivity (Wildman–Crippen MR) is 82.3 cm³/mol. The lowest BCUT2D eigenvalue weighted by atomic mass is 9.86. The molecular weight excluding hydrogens is 321 g/mol. The summed E-state index contributed by atoms with van der Waals surface area (Å²) in [5.74, 6) is -0.103. The van der Waals surface area contributed by atoms with Gasteiger partial charge in [-0.25, -0.2) is 4.39 Å². The van der Waals surface area contributed by atoms with Crippen molar-refractivity contribution in [3.8, 4) is 5.75 Å². The van der Waals surface area contributed by atoms with Crippen molar-refractivity contribution in [2.24, 2.45) is 5.73 Å². The highest BCUT2D eigenvalue weighted by Crippen LogP contribution is 2.28. The van der Waals surface area contributed by atoms with Crippen molar-refractivity contribution in [1.82, 2.24) is 0 Å². The van der Waals surface area contributed by atoms with Crippen LogP contribution >= 0.6 is 15.9 Å². The van der Waals surface area contributed by atoms with E-state index in [4.69, 9.17) is 10.5 Å². The molecule has 2 nitrogen and oxygen atoms in total. The fourth-order valence-electron chi connectivity index (χ4n) is 2.19. The molecule has 0 aliphatic rings. The number of benzene rings is 2. The van der Waals surface area contributed by atoms with E-state index >= 15 is 0 Å². The summed E-state index contributed by atoms with van der Waals surface area (Å²) in [6.45, 7) is 1.90. The van der Waals surface area contributed by atoms with Crippen molar-refractivity contribution in [2.75, 3.05) is 7.11 Å². The fourth-order valence-corrected chi connectivity index (χ4v) is 2.59. The molecule has 2 rings (SSSR count). The average molecular weight is 338 g/mol. The minimum atomic E-state index is -0.656. The molecule has 20 heavy (non-hydrogen) atoms. The van der Waals surface area contributed by atoms with Crippen LogP contribution in [0.3, 0.4) is 0 Å². The number of methoxy groups -OCH3 is 1. The summed E-state index contributed by atoms with van der Waals surface area (Å²) in [6.07, 6.45) is 0.395. The Balaban J connectivity index is 2.33. The molecule has 0 fully saturated rings. The monoisotopic (exact) mass is 337 g/mol. The van der Waals surface area contributed by atoms with Gasteiger partial charge in [0.05, 0.1) is 7.11 Å². The molecule has 0 saturated heterocycles. The first-order valence-corrected chi connectivity index (χ1v) is 7.09. The van der Waals surface area contributed by atoms with Crippen LogP contribution in [0, 0.1) is 5.82 Å². The zero-order chi connectivity index (χ0) is 14.8. The van der Waals surface area contributed by atoms with Gasteiger partial charge in [-0.15, -0.1) is 0 Å². The van der Waals surface area contributed by atoms with Gasteiger partial charge in [-0.1, -0.05) is 40.2 Å². The van der Waals surface area contributed by atoms with Crippen LogP contribution in [0.15, 0.2) is 46.9 Å². The van der Waals surface area contributed by atoms with Gasteiger partial charge in [0.2, 0.25) is 0 Å². The van der Waals surface area contributed by atoms with Crippen molar-refractivity contribution in [3.63, 3.8) is 0 Å². The molecule has 2 aromatic rings. The minimum absolute atomic E-state index is 0.243. The molecule has 2 N–H and O–H groups in total. The van der Waals surface area contributed by atoms with Crippen LogP contribution in [0.2, 0.25) is 0 Å². The third-order valence-electron chi connectivity index (χ3n) is 3.30. The van der Waals surface area contributed by atoms with E-state index < -0.39 is 5.54 Å². The van der Waals surface area contributed by atoms with Crippen molar-refractivity contribution in [3.05, 3.63) is 63.9 Å². The summed E-state index contributed by atoms with van der Waals surface area (Å²) in [7, 11) is 1.46. The molecule has 0 spiro atoms. The Hall–Kier alpha value is -1.39. The lowest BCUT2D eigenvalue weighted by Gasteiger charge is -2.26. The first kappa shape index (κ1) is 15.0. The van der Waals surface area contributed by atoms with E-state index in [1.54, 1.807) is 18.2 Å². The number of rotatable bonds is 4. The smallest absolute Gasteiger partial charge is 0.168 e. The largest absolute Gasteiger partial charge is 0.494 e. The van der Waals surface area contributed by atoms with Crippen LogP contribution in [0.4, 0.5) is 4.39 Å². The average Bonchev–Trinajstić information content (AvgIpc) is 2.41. The van der Waals surface area contributed by atoms with Gasteiger partial charge >= 0.3 is 0 Å². The third kappa shape index (κ3) is 3.19. The summed E-state index contributed by atoms with van der Waals surface area (Å²) < 4.78 is 20.2. The lowest BCUT2D eigenvalue weighted by Crippen LogP contribution is -2.35. The summed E-state index contributed by atoms with van der Waals surface area (Å²) in [6, 6.07) is 12.9. The Morgan fingerprint density at radius 3 is 2.60 bits per heavy atom. The molecule has 0 radical (unpaired) electrons. The Bertz CT molecular complexity index is 613. The van der Waals surface area contributed by atoms with Crippen molar-refractivity contribution in [1.29, 1.82) is 0 Å². The summed E-state index contributed by atoms with van der Waals surface area (Å²) in [4.78, 5) is 0. The number of hydrogen-bond donors (Lipinski definition) is 1. The molecule has 4 heteroatoms. The number of nitrogens with two attached hydrogens (primary N) is 1. The van der Waals surface area contributed by atoms with Gasteiger partial charge in [0, 0.05) is 10.0 Å². The number of ether oxygens (including phenoxy) is 1. The van der Waals surface area contributed by atoms with E-state index in [-0.39, 0.29) is 11.6 Å². The predicted octanol–water partition coefficient (Wildman–Crippen LogP) is 4.01. The molecule has 0 aromatic heterocycles. The zero-order valence-corrected chi connectivity index (χ0v) is 13.1. The van der Waals surface area contributed by atoms with Gasteiger partial charge in [-0.3, -0.25) is 0 Å². The molecule has 0 heterocycles. The van der Waals surface area contributed by atoms with E-state index in [1.807, 2.05) is 31.2 Å². The van der Waals surface area contributed by atoms with Crippen LogP contribution < -0.4 is 10.5 Å². The fraction of sp³-hybridized carbons (Fsp3) is 0.250. The van der Waals surface area contributed by atoms with E-state index in [0.29, 0.717) is 12.0 Å². The Labute approximate surface area is 126 Å². The van der Waals surface area contributed by atoms with Gasteiger partial charge in [-0.2, -0.15) is 0 Å². The second-order valence-electron chi connectivity index (χ2n) is 5.04. The summed E-state index contributed by atoms with van der Waals surface area (Å²) in [5.41, 5.74) is 7.22. The summed E-state index contributed by atoms with van der Waals surface area (Å²) >= 11 is 3.43. The maximum absolute atomic E-state index is 14.2. The van der Waals surface area contributed by atoms with Crippen LogP contribution in [0.5, 0.6) is 5.75 Å². The normalized spacial score (nSPS) is 13.8. The molecule has 0 bridgehead atoms. The molecule has 1 unspecified atom stereocenters. The van der Waals surface area contributed by atoms with E-state index in [9.17, 15) is 4.39 Å². The van der Waals surface area contributed by atoms with Gasteiger partial charge in [-0.05, 0) is 42.7 Å². The highest BCUT2D eigenvalue weighted by Gasteiger charge is 2.24. The third-order valence-corrected chi connectivity index (χ3v) is 3.80. The van der Waals surface area contributed by atoms with Gasteiger partial charge in [0.1, 0.15) is 0 Å². The van der Waals surface area contributed by atoms with Crippen molar-refractivity contribution >= 4 is 15.9 Å². The zero-order valence-electron chi connectivity index (χ0n) is 11.5. The van der Waals surface area contributed by atoms with Crippen molar-refractivity contribution < 1.29 is 9.13 Å². The topological polar surface area (TPSA) is 35.2 Å². The second-order valence-corrected chi connectivity index (χ2v) is 5.95. The van der Waals surface area contributed by atoms with Crippen LogP contribution in [-0.2, 0) is 12.0 Å². The van der Waals surface area contributed by atoms with E-state index in [2.05, 4.69) is 15.9 Å². The van der Waals surface area contributed by atoms with Gasteiger partial charge in [0.15, 0.2) is 11.6 Å². The SMILES string of the molecule is COc1cccc(CC(C)(N)c2cccc(Br)c2)c1F. The first-order chi connectivity index (χ1) is 9.44. The molecule has 0 aliphatic carbocycles. The van der Waals surface area contributed by atoms with Crippen LogP contribution in [0.1, 0.15) is 18.1 Å². The first-order valence-electron chi connectivity index (χ1n) is 6.30. The lowest BCUT2D eigenvalue weighted by molar-refractivity contribution is 0.380. The Morgan fingerprint density at radius 1 is 1.25 bits per heavy atom. The standard InChI is InChI=1S/C16H17BrFNO/c1-16(19,12-6-4-7-13(17)9-12)10-11-5-3-8-14(20-2)15(11)18/h3-9H,10,19H2,1-2H3. The molecule has 106 valence electrons. The van der Waals surface area contributed by atoms with Crippen LogP contribution in [-0.4, -0.2) is 7.11 Å². The minimum Gasteiger partial charge on any atom is -0.494 e. The molecular formula is C16H17BrFNO. The maximum Gasteiger partial charge on any atom is 0.168 e. The number of halogens is 2. The van der Waals surface area contributed by atoms with E-state index in [0.717, 1.165) is 10.0 Å². The highest BCUT2D eigenvalue weighted by atomic mass is 79.9. The number of hydrogen-bond acceptors (Lipinski definition) is 2.